The van der Waals surface area contributed by atoms with E-state index in [1.54, 1.807) is 7.05 Å². The second-order valence-corrected chi connectivity index (χ2v) is 3.11. The fourth-order valence-electron chi connectivity index (χ4n) is 1.61. The molecule has 1 aliphatic carbocycles. The molecular formula is C8H16N4. The minimum atomic E-state index is 0.442. The van der Waals surface area contributed by atoms with Crippen molar-refractivity contribution in [3.8, 4) is 0 Å². The van der Waals surface area contributed by atoms with E-state index in [0.29, 0.717) is 12.1 Å². The van der Waals surface area contributed by atoms with Crippen LogP contribution < -0.4 is 5.43 Å². The highest BCUT2D eigenvalue weighted by molar-refractivity contribution is 5.22. The average Bonchev–Trinajstić information content (AvgIpc) is 2.09. The molecule has 4 nitrogen and oxygen atoms in total. The van der Waals surface area contributed by atoms with Gasteiger partial charge < -0.3 is 5.43 Å². The molecule has 1 saturated carbocycles. The van der Waals surface area contributed by atoms with Crippen LogP contribution in [0.4, 0.5) is 0 Å². The quantitative estimate of drug-likeness (QED) is 0.388. The van der Waals surface area contributed by atoms with Gasteiger partial charge in [-0.3, -0.25) is 0 Å². The molecule has 0 radical (unpaired) electrons. The third kappa shape index (κ3) is 2.60. The molecule has 0 aliphatic heterocycles. The molecule has 0 bridgehead atoms. The molecule has 0 atom stereocenters. The number of nitrogens with zero attached hydrogens (tertiary/aromatic N) is 3. The number of hydrogen-bond acceptors (Lipinski definition) is 4. The molecule has 0 spiro atoms. The summed E-state index contributed by atoms with van der Waals surface area (Å²) >= 11 is 0. The molecule has 0 aromatic heterocycles. The lowest BCUT2D eigenvalue weighted by Gasteiger charge is -2.24. The van der Waals surface area contributed by atoms with Crippen LogP contribution in [0.2, 0.25) is 0 Å². The first kappa shape index (κ1) is 9.16. The van der Waals surface area contributed by atoms with Crippen molar-refractivity contribution in [2.24, 2.45) is 15.3 Å². The summed E-state index contributed by atoms with van der Waals surface area (Å²) in [6.45, 7) is 3.41. The monoisotopic (exact) mass is 168 g/mol. The first-order valence-electron chi connectivity index (χ1n) is 4.37. The summed E-state index contributed by atoms with van der Waals surface area (Å²) in [5.41, 5.74) is 2.99. The van der Waals surface area contributed by atoms with E-state index in [-0.39, 0.29) is 0 Å². The van der Waals surface area contributed by atoms with Crippen LogP contribution in [-0.4, -0.2) is 25.8 Å². The third-order valence-corrected chi connectivity index (χ3v) is 2.25. The van der Waals surface area contributed by atoms with Crippen LogP contribution in [0.1, 0.15) is 25.7 Å². The molecule has 1 rings (SSSR count). The molecule has 12 heavy (non-hydrogen) atoms. The van der Waals surface area contributed by atoms with E-state index >= 15 is 0 Å². The number of azo groups is 1. The molecule has 0 heterocycles. The topological polar surface area (TPSA) is 49.1 Å². The summed E-state index contributed by atoms with van der Waals surface area (Å²) in [6.07, 6.45) is 4.49. The van der Waals surface area contributed by atoms with Gasteiger partial charge in [-0.25, -0.2) is 0 Å². The van der Waals surface area contributed by atoms with E-state index < -0.39 is 0 Å². The van der Waals surface area contributed by atoms with Gasteiger partial charge in [0.05, 0.1) is 6.04 Å². The Kier molecular flexibility index (Phi) is 3.70. The van der Waals surface area contributed by atoms with Crippen LogP contribution in [-0.2, 0) is 0 Å². The van der Waals surface area contributed by atoms with Gasteiger partial charge in [0.25, 0.3) is 0 Å². The van der Waals surface area contributed by atoms with Crippen molar-refractivity contribution < 1.29 is 0 Å². The second kappa shape index (κ2) is 4.85. The van der Waals surface area contributed by atoms with Crippen LogP contribution in [0.25, 0.3) is 0 Å². The van der Waals surface area contributed by atoms with Crippen LogP contribution >= 0.6 is 0 Å². The zero-order valence-corrected chi connectivity index (χ0v) is 7.53. The molecule has 4 heteroatoms. The van der Waals surface area contributed by atoms with Gasteiger partial charge in [-0.1, -0.05) is 0 Å². The van der Waals surface area contributed by atoms with Gasteiger partial charge in [0.2, 0.25) is 0 Å². The van der Waals surface area contributed by atoms with Gasteiger partial charge >= 0.3 is 0 Å². The Bertz CT molecular complexity index is 158. The van der Waals surface area contributed by atoms with Gasteiger partial charge in [-0.2, -0.15) is 15.3 Å². The van der Waals surface area contributed by atoms with Crippen molar-refractivity contribution in [3.05, 3.63) is 0 Å². The Morgan fingerprint density at radius 3 is 2.42 bits per heavy atom. The van der Waals surface area contributed by atoms with Gasteiger partial charge in [0, 0.05) is 19.8 Å². The third-order valence-electron chi connectivity index (χ3n) is 2.25. The van der Waals surface area contributed by atoms with Gasteiger partial charge in [0.1, 0.15) is 0 Å². The predicted octanol–water partition coefficient (Wildman–Crippen LogP) is 1.58. The molecule has 0 amide bonds. The highest BCUT2D eigenvalue weighted by Crippen LogP contribution is 2.21. The maximum absolute atomic E-state index is 4.13. The van der Waals surface area contributed by atoms with E-state index in [9.17, 15) is 0 Å². The Morgan fingerprint density at radius 1 is 1.25 bits per heavy atom. The maximum Gasteiger partial charge on any atom is 0.0709 e. The van der Waals surface area contributed by atoms with Crippen molar-refractivity contribution in [3.63, 3.8) is 0 Å². The lowest BCUT2D eigenvalue weighted by Crippen LogP contribution is -2.30. The number of nitrogens with one attached hydrogen (secondary N) is 1. The van der Waals surface area contributed by atoms with Crippen LogP contribution in [0.5, 0.6) is 0 Å². The summed E-state index contributed by atoms with van der Waals surface area (Å²) in [7, 11) is 1.73. The first-order chi connectivity index (χ1) is 5.86. The van der Waals surface area contributed by atoms with Crippen LogP contribution in [0, 0.1) is 0 Å². The summed E-state index contributed by atoms with van der Waals surface area (Å²) in [5.74, 6) is 0. The summed E-state index contributed by atoms with van der Waals surface area (Å²) in [5, 5.41) is 11.6. The van der Waals surface area contributed by atoms with Crippen molar-refractivity contribution >= 4 is 6.72 Å². The van der Waals surface area contributed by atoms with Gasteiger partial charge in [-0.05, 0) is 25.7 Å². The molecular weight excluding hydrogens is 152 g/mol. The Balaban J connectivity index is 2.24. The molecule has 68 valence electrons. The lowest BCUT2D eigenvalue weighted by atomic mass is 9.92. The average molecular weight is 168 g/mol. The zero-order chi connectivity index (χ0) is 8.81. The molecule has 0 saturated heterocycles. The Hall–Kier alpha value is -0.930. The van der Waals surface area contributed by atoms with Crippen molar-refractivity contribution in [1.82, 2.24) is 5.43 Å². The van der Waals surface area contributed by atoms with E-state index in [2.05, 4.69) is 27.5 Å². The van der Waals surface area contributed by atoms with E-state index in [4.69, 9.17) is 0 Å². The van der Waals surface area contributed by atoms with Gasteiger partial charge in [0.15, 0.2) is 0 Å². The minimum absolute atomic E-state index is 0.442. The number of rotatable bonds is 3. The highest BCUT2D eigenvalue weighted by atomic mass is 15.3. The van der Waals surface area contributed by atoms with Gasteiger partial charge in [-0.15, -0.1) is 0 Å². The Morgan fingerprint density at radius 2 is 1.92 bits per heavy atom. The van der Waals surface area contributed by atoms with Crippen molar-refractivity contribution in [1.29, 1.82) is 0 Å². The Labute approximate surface area is 73.2 Å². The highest BCUT2D eigenvalue weighted by Gasteiger charge is 2.19. The van der Waals surface area contributed by atoms with E-state index in [0.717, 1.165) is 25.7 Å². The second-order valence-electron chi connectivity index (χ2n) is 3.11. The normalized spacial score (nSPS) is 30.4. The van der Waals surface area contributed by atoms with Crippen LogP contribution in [0.3, 0.4) is 0 Å². The van der Waals surface area contributed by atoms with Crippen LogP contribution in [0.15, 0.2) is 15.3 Å². The molecule has 0 unspecified atom stereocenters. The summed E-state index contributed by atoms with van der Waals surface area (Å²) in [6, 6.07) is 0.948. The largest absolute Gasteiger partial charge is 0.308 e. The lowest BCUT2D eigenvalue weighted by molar-refractivity contribution is 0.343. The van der Waals surface area contributed by atoms with E-state index in [1.165, 1.54) is 0 Å². The molecule has 1 fully saturated rings. The summed E-state index contributed by atoms with van der Waals surface area (Å²) in [4.78, 5) is 0. The predicted molar refractivity (Wildman–Crippen MR) is 49.5 cm³/mol. The first-order valence-corrected chi connectivity index (χ1v) is 4.37. The van der Waals surface area contributed by atoms with Crippen molar-refractivity contribution in [2.45, 2.75) is 37.8 Å². The maximum atomic E-state index is 4.13. The standard InChI is InChI=1S/C8H16N4/c1-9-11-7-3-5-8(6-4-7)12-10-2/h7-8,11H,1,3-6H2,2H3. The number of hydrogen-bond donors (Lipinski definition) is 1. The molecule has 0 aromatic rings. The zero-order valence-electron chi connectivity index (χ0n) is 7.53. The smallest absolute Gasteiger partial charge is 0.0709 e. The fourth-order valence-corrected chi connectivity index (χ4v) is 1.61. The molecule has 1 aliphatic rings. The summed E-state index contributed by atoms with van der Waals surface area (Å²) < 4.78 is 0. The number of hydrazone groups is 1. The van der Waals surface area contributed by atoms with Crippen molar-refractivity contribution in [2.75, 3.05) is 7.05 Å². The molecule has 1 N–H and O–H groups in total. The SMILES string of the molecule is C=NNC1CCC(N=NC)CC1. The fraction of sp³-hybridized carbons (Fsp3) is 0.875. The molecule has 0 aromatic carbocycles. The minimum Gasteiger partial charge on any atom is -0.308 e. The van der Waals surface area contributed by atoms with E-state index in [1.807, 2.05) is 0 Å².